The number of terminal acetylenes is 1. The Morgan fingerprint density at radius 3 is 2.75 bits per heavy atom. The molecule has 0 aliphatic carbocycles. The third kappa shape index (κ3) is 5.41. The van der Waals surface area contributed by atoms with Crippen LogP contribution in [-0.4, -0.2) is 25.8 Å². The molecule has 2 rings (SSSR count). The molecule has 9 heteroatoms. The van der Waals surface area contributed by atoms with E-state index in [1.807, 2.05) is 0 Å². The lowest BCUT2D eigenvalue weighted by Crippen LogP contribution is -2.18. The summed E-state index contributed by atoms with van der Waals surface area (Å²) < 4.78 is 48.6. The minimum absolute atomic E-state index is 0.00341. The van der Waals surface area contributed by atoms with Crippen molar-refractivity contribution in [2.45, 2.75) is 6.18 Å². The molecule has 0 unspecified atom stereocenters. The maximum absolute atomic E-state index is 12.7. The van der Waals surface area contributed by atoms with Gasteiger partial charge in [0.2, 0.25) is 0 Å². The molecule has 0 aliphatic rings. The third-order valence-electron chi connectivity index (χ3n) is 3.38. The Morgan fingerprint density at radius 1 is 1.36 bits per heavy atom. The molecule has 5 nitrogen and oxygen atoms in total. The van der Waals surface area contributed by atoms with Gasteiger partial charge in [-0.05, 0) is 35.9 Å². The van der Waals surface area contributed by atoms with Crippen LogP contribution in [0.4, 0.5) is 13.2 Å². The average molecular weight is 411 g/mol. The van der Waals surface area contributed by atoms with E-state index in [0.717, 1.165) is 18.2 Å². The molecule has 0 saturated carbocycles. The Balaban J connectivity index is 2.13. The lowest BCUT2D eigenvalue weighted by atomic mass is 10.1. The Morgan fingerprint density at radius 2 is 2.11 bits per heavy atom. The summed E-state index contributed by atoms with van der Waals surface area (Å²) >= 11 is 6.12. The molecule has 0 radical (unpaired) electrons. The molecule has 28 heavy (non-hydrogen) atoms. The highest BCUT2D eigenvalue weighted by atomic mass is 35.5. The topological polar surface area (TPSA) is 59.9 Å². The first kappa shape index (κ1) is 21.1. The first-order valence-corrected chi connectivity index (χ1v) is 8.08. The van der Waals surface area contributed by atoms with Crippen molar-refractivity contribution in [3.05, 3.63) is 58.1 Å². The Hall–Kier alpha value is -3.18. The SMILES string of the molecule is C#CCOc1c(Cl)cc(/C=N\NC(=O)c2cccc(C(F)(F)F)c2)cc1OC. The van der Waals surface area contributed by atoms with E-state index < -0.39 is 17.6 Å². The highest BCUT2D eigenvalue weighted by Crippen LogP contribution is 2.36. The van der Waals surface area contributed by atoms with Crippen molar-refractivity contribution in [2.75, 3.05) is 13.7 Å². The van der Waals surface area contributed by atoms with Gasteiger partial charge < -0.3 is 9.47 Å². The number of ether oxygens (including phenoxy) is 2. The van der Waals surface area contributed by atoms with E-state index in [1.165, 1.54) is 31.5 Å². The van der Waals surface area contributed by atoms with Gasteiger partial charge in [0.05, 0.1) is 23.9 Å². The molecule has 1 N–H and O–H groups in total. The summed E-state index contributed by atoms with van der Waals surface area (Å²) in [6.07, 6.45) is 1.85. The van der Waals surface area contributed by atoms with E-state index in [9.17, 15) is 18.0 Å². The first-order chi connectivity index (χ1) is 13.3. The van der Waals surface area contributed by atoms with Crippen molar-refractivity contribution in [1.82, 2.24) is 5.43 Å². The fraction of sp³-hybridized carbons (Fsp3) is 0.158. The number of methoxy groups -OCH3 is 1. The quantitative estimate of drug-likeness (QED) is 0.442. The maximum atomic E-state index is 12.7. The number of rotatable bonds is 6. The first-order valence-electron chi connectivity index (χ1n) is 7.70. The van der Waals surface area contributed by atoms with Crippen molar-refractivity contribution in [3.63, 3.8) is 0 Å². The van der Waals surface area contributed by atoms with Crippen LogP contribution in [0.3, 0.4) is 0 Å². The highest BCUT2D eigenvalue weighted by Gasteiger charge is 2.30. The van der Waals surface area contributed by atoms with Crippen LogP contribution in [-0.2, 0) is 6.18 Å². The van der Waals surface area contributed by atoms with E-state index in [4.69, 9.17) is 27.5 Å². The lowest BCUT2D eigenvalue weighted by Gasteiger charge is -2.11. The molecule has 0 fully saturated rings. The van der Waals surface area contributed by atoms with Crippen LogP contribution in [0.25, 0.3) is 0 Å². The smallest absolute Gasteiger partial charge is 0.416 e. The Bertz CT molecular complexity index is 937. The number of hydrazone groups is 1. The largest absolute Gasteiger partial charge is 0.493 e. The summed E-state index contributed by atoms with van der Waals surface area (Å²) in [5, 5.41) is 3.93. The normalized spacial score (nSPS) is 11.1. The predicted molar refractivity (Wildman–Crippen MR) is 98.8 cm³/mol. The number of benzene rings is 2. The van der Waals surface area contributed by atoms with Crippen LogP contribution in [0, 0.1) is 12.3 Å². The number of hydrogen-bond donors (Lipinski definition) is 1. The fourth-order valence-electron chi connectivity index (χ4n) is 2.13. The highest BCUT2D eigenvalue weighted by molar-refractivity contribution is 6.32. The number of halogens is 4. The zero-order valence-electron chi connectivity index (χ0n) is 14.5. The van der Waals surface area contributed by atoms with Gasteiger partial charge in [-0.1, -0.05) is 23.6 Å². The molecule has 0 saturated heterocycles. The minimum atomic E-state index is -4.55. The number of hydrogen-bond acceptors (Lipinski definition) is 4. The van der Waals surface area contributed by atoms with Crippen LogP contribution in [0.5, 0.6) is 11.5 Å². The van der Waals surface area contributed by atoms with Gasteiger partial charge in [-0.15, -0.1) is 6.42 Å². The van der Waals surface area contributed by atoms with E-state index in [1.54, 1.807) is 0 Å². The van der Waals surface area contributed by atoms with Crippen LogP contribution >= 0.6 is 11.6 Å². The number of carbonyl (C=O) groups excluding carboxylic acids is 1. The monoisotopic (exact) mass is 410 g/mol. The van der Waals surface area contributed by atoms with E-state index in [0.29, 0.717) is 11.3 Å². The number of nitrogens with zero attached hydrogens (tertiary/aromatic N) is 1. The second-order valence-corrected chi connectivity index (χ2v) is 5.71. The standard InChI is InChI=1S/C19H14ClF3N2O3/c1-3-7-28-17-15(20)8-12(9-16(17)27-2)11-24-25-18(26)13-5-4-6-14(10-13)19(21,22)23/h1,4-6,8-11H,7H2,2H3,(H,25,26)/b24-11-. The molecular formula is C19H14ClF3N2O3. The fourth-order valence-corrected chi connectivity index (χ4v) is 2.41. The van der Waals surface area contributed by atoms with Crippen molar-refractivity contribution >= 4 is 23.7 Å². The Kier molecular flexibility index (Phi) is 6.90. The Labute approximate surface area is 164 Å². The number of alkyl halides is 3. The second kappa shape index (κ2) is 9.15. The molecule has 0 heterocycles. The summed E-state index contributed by atoms with van der Waals surface area (Å²) in [5.74, 6) is 2.06. The van der Waals surface area contributed by atoms with Crippen molar-refractivity contribution in [3.8, 4) is 23.8 Å². The van der Waals surface area contributed by atoms with Gasteiger partial charge >= 0.3 is 6.18 Å². The van der Waals surface area contributed by atoms with Gasteiger partial charge in [0, 0.05) is 5.56 Å². The third-order valence-corrected chi connectivity index (χ3v) is 3.66. The minimum Gasteiger partial charge on any atom is -0.493 e. The number of amides is 1. The van der Waals surface area contributed by atoms with Crippen molar-refractivity contribution in [2.24, 2.45) is 5.10 Å². The van der Waals surface area contributed by atoms with Crippen molar-refractivity contribution < 1.29 is 27.4 Å². The van der Waals surface area contributed by atoms with Gasteiger partial charge in [0.1, 0.15) is 6.61 Å². The van der Waals surface area contributed by atoms with Crippen LogP contribution in [0.1, 0.15) is 21.5 Å². The molecular weight excluding hydrogens is 397 g/mol. The predicted octanol–water partition coefficient (Wildman–Crippen LogP) is 4.14. The second-order valence-electron chi connectivity index (χ2n) is 5.30. The molecule has 1 amide bonds. The van der Waals surface area contributed by atoms with Gasteiger partial charge in [-0.2, -0.15) is 18.3 Å². The van der Waals surface area contributed by atoms with E-state index >= 15 is 0 Å². The summed E-state index contributed by atoms with van der Waals surface area (Å²) in [7, 11) is 1.41. The van der Waals surface area contributed by atoms with E-state index in [2.05, 4.69) is 16.4 Å². The van der Waals surface area contributed by atoms with Crippen LogP contribution < -0.4 is 14.9 Å². The summed E-state index contributed by atoms with van der Waals surface area (Å²) in [6.45, 7) is -0.00341. The number of carbonyl (C=O) groups is 1. The molecule has 0 atom stereocenters. The maximum Gasteiger partial charge on any atom is 0.416 e. The van der Waals surface area contributed by atoms with E-state index in [-0.39, 0.29) is 22.9 Å². The average Bonchev–Trinajstić information content (AvgIpc) is 2.66. The summed E-state index contributed by atoms with van der Waals surface area (Å²) in [6, 6.07) is 7.03. The summed E-state index contributed by atoms with van der Waals surface area (Å²) in [4.78, 5) is 12.0. The number of nitrogens with one attached hydrogen (secondary N) is 1. The van der Waals surface area contributed by atoms with Gasteiger partial charge in [-0.25, -0.2) is 5.43 Å². The molecule has 2 aromatic carbocycles. The van der Waals surface area contributed by atoms with Crippen LogP contribution in [0.2, 0.25) is 5.02 Å². The van der Waals surface area contributed by atoms with Gasteiger partial charge in [-0.3, -0.25) is 4.79 Å². The molecule has 146 valence electrons. The zero-order chi connectivity index (χ0) is 20.7. The van der Waals surface area contributed by atoms with Crippen LogP contribution in [0.15, 0.2) is 41.5 Å². The summed E-state index contributed by atoms with van der Waals surface area (Å²) in [5.41, 5.74) is 1.50. The molecule has 0 aliphatic heterocycles. The molecule has 0 aromatic heterocycles. The molecule has 0 spiro atoms. The lowest BCUT2D eigenvalue weighted by molar-refractivity contribution is -0.137. The van der Waals surface area contributed by atoms with Crippen molar-refractivity contribution in [1.29, 1.82) is 0 Å². The molecule has 0 bridgehead atoms. The van der Waals surface area contributed by atoms with Gasteiger partial charge in [0.15, 0.2) is 11.5 Å². The van der Waals surface area contributed by atoms with Gasteiger partial charge in [0.25, 0.3) is 5.91 Å². The molecule has 2 aromatic rings. The zero-order valence-corrected chi connectivity index (χ0v) is 15.3.